The molecule has 1 rings (SSSR count). The predicted molar refractivity (Wildman–Crippen MR) is 58.6 cm³/mol. The summed E-state index contributed by atoms with van der Waals surface area (Å²) in [6, 6.07) is 0. The number of carbonyl (C=O) groups excluding carboxylic acids is 2. The molecule has 0 spiro atoms. The van der Waals surface area contributed by atoms with E-state index >= 15 is 0 Å². The topological polar surface area (TPSA) is 65.5 Å². The fourth-order valence-electron chi connectivity index (χ4n) is 1.18. The minimum Gasteiger partial charge on any atom is -0.349 e. The van der Waals surface area contributed by atoms with Gasteiger partial charge < -0.3 is 9.47 Å². The van der Waals surface area contributed by atoms with Crippen molar-refractivity contribution in [3.63, 3.8) is 0 Å². The van der Waals surface area contributed by atoms with E-state index in [9.17, 15) is 9.59 Å². The number of carbonyl (C=O) groups is 2. The van der Waals surface area contributed by atoms with Crippen molar-refractivity contribution >= 4 is 22.9 Å². The van der Waals surface area contributed by atoms with Crippen LogP contribution >= 0.6 is 11.3 Å². The smallest absolute Gasteiger partial charge is 0.217 e. The summed E-state index contributed by atoms with van der Waals surface area (Å²) in [5.74, 6) is -0.714. The van der Waals surface area contributed by atoms with Crippen molar-refractivity contribution < 1.29 is 19.1 Å². The Bertz CT molecular complexity index is 384. The fraction of sp³-hybridized carbons (Fsp3) is 0.500. The first-order valence-electron chi connectivity index (χ1n) is 4.62. The molecule has 88 valence electrons. The van der Waals surface area contributed by atoms with Crippen LogP contribution in [0.2, 0.25) is 0 Å². The van der Waals surface area contributed by atoms with Gasteiger partial charge in [0.25, 0.3) is 0 Å². The van der Waals surface area contributed by atoms with E-state index in [0.29, 0.717) is 5.69 Å². The Balaban J connectivity index is 2.61. The molecule has 0 aliphatic heterocycles. The van der Waals surface area contributed by atoms with Crippen LogP contribution in [-0.4, -0.2) is 37.1 Å². The third-order valence-electron chi connectivity index (χ3n) is 1.93. The number of thiazole rings is 1. The Kier molecular flexibility index (Phi) is 4.72. The minimum atomic E-state index is -0.983. The Morgan fingerprint density at radius 1 is 1.44 bits per heavy atom. The van der Waals surface area contributed by atoms with E-state index in [0.717, 1.165) is 5.01 Å². The number of ketones is 2. The lowest BCUT2D eigenvalue weighted by Gasteiger charge is -2.10. The molecule has 1 aromatic rings. The molecule has 0 fully saturated rings. The second-order valence-corrected chi connectivity index (χ2v) is 4.18. The van der Waals surface area contributed by atoms with Crippen molar-refractivity contribution in [3.8, 4) is 0 Å². The molecule has 0 bridgehead atoms. The first-order valence-corrected chi connectivity index (χ1v) is 5.50. The Hall–Kier alpha value is -1.11. The van der Waals surface area contributed by atoms with Gasteiger partial charge in [-0.1, -0.05) is 0 Å². The summed E-state index contributed by atoms with van der Waals surface area (Å²) >= 11 is 1.37. The van der Waals surface area contributed by atoms with E-state index < -0.39 is 12.1 Å². The largest absolute Gasteiger partial charge is 0.349 e. The third-order valence-corrected chi connectivity index (χ3v) is 2.70. The molecule has 6 heteroatoms. The Labute approximate surface area is 97.4 Å². The molecule has 5 nitrogen and oxygen atoms in total. The molecule has 0 saturated heterocycles. The highest BCUT2D eigenvalue weighted by molar-refractivity contribution is 7.09. The van der Waals surface area contributed by atoms with Gasteiger partial charge in [0.05, 0.1) is 11.4 Å². The molecule has 16 heavy (non-hydrogen) atoms. The first-order chi connectivity index (χ1) is 7.58. The maximum Gasteiger partial charge on any atom is 0.217 e. The van der Waals surface area contributed by atoms with Gasteiger partial charge >= 0.3 is 0 Å². The molecular weight excluding hydrogens is 230 g/mol. The zero-order valence-corrected chi connectivity index (χ0v) is 10.2. The average molecular weight is 243 g/mol. The molecule has 1 aromatic heterocycles. The van der Waals surface area contributed by atoms with Crippen molar-refractivity contribution in [1.29, 1.82) is 0 Å². The lowest BCUT2D eigenvalue weighted by Crippen LogP contribution is -2.27. The number of ether oxygens (including phenoxy) is 2. The van der Waals surface area contributed by atoms with Gasteiger partial charge in [0.15, 0.2) is 11.6 Å². The van der Waals surface area contributed by atoms with E-state index in [1.54, 1.807) is 12.3 Å². The van der Waals surface area contributed by atoms with Crippen molar-refractivity contribution in [2.45, 2.75) is 19.6 Å². The van der Waals surface area contributed by atoms with E-state index in [2.05, 4.69) is 4.98 Å². The molecule has 0 aliphatic carbocycles. The number of aromatic nitrogens is 1. The molecule has 0 amide bonds. The zero-order valence-electron chi connectivity index (χ0n) is 9.35. The molecule has 0 radical (unpaired) electrons. The Morgan fingerprint density at radius 3 is 2.50 bits per heavy atom. The van der Waals surface area contributed by atoms with Crippen molar-refractivity contribution in [1.82, 2.24) is 4.98 Å². The number of methoxy groups -OCH3 is 2. The predicted octanol–water partition coefficient (Wildman–Crippen LogP) is 1.21. The number of rotatable bonds is 6. The highest BCUT2D eigenvalue weighted by Gasteiger charge is 2.21. The minimum absolute atomic E-state index is 0.254. The van der Waals surface area contributed by atoms with Crippen LogP contribution in [0.5, 0.6) is 0 Å². The maximum absolute atomic E-state index is 11.6. The van der Waals surface area contributed by atoms with Crippen LogP contribution in [0.3, 0.4) is 0 Å². The van der Waals surface area contributed by atoms with Crippen molar-refractivity contribution in [3.05, 3.63) is 16.1 Å². The van der Waals surface area contributed by atoms with Crippen LogP contribution in [0.15, 0.2) is 5.38 Å². The SMILES string of the molecule is COC(OC)C(=O)CC(=O)c1csc(C)n1. The van der Waals surface area contributed by atoms with Gasteiger partial charge in [-0.25, -0.2) is 4.98 Å². The first kappa shape index (κ1) is 13.0. The van der Waals surface area contributed by atoms with Gasteiger partial charge in [-0.2, -0.15) is 0 Å². The fourth-order valence-corrected chi connectivity index (χ4v) is 1.80. The monoisotopic (exact) mass is 243 g/mol. The summed E-state index contributed by atoms with van der Waals surface area (Å²) in [4.78, 5) is 27.1. The van der Waals surface area contributed by atoms with Crippen molar-refractivity contribution in [2.24, 2.45) is 0 Å². The number of hydrogen-bond acceptors (Lipinski definition) is 6. The highest BCUT2D eigenvalue weighted by Crippen LogP contribution is 2.11. The van der Waals surface area contributed by atoms with E-state index in [-0.39, 0.29) is 12.2 Å². The van der Waals surface area contributed by atoms with Gasteiger partial charge in [0.1, 0.15) is 5.69 Å². The molecule has 0 N–H and O–H groups in total. The zero-order chi connectivity index (χ0) is 12.1. The quantitative estimate of drug-likeness (QED) is 0.427. The van der Waals surface area contributed by atoms with Gasteiger partial charge in [0.2, 0.25) is 6.29 Å². The number of Topliss-reactive ketones (excluding diaryl/α,β-unsaturated/α-hetero) is 2. The van der Waals surface area contributed by atoms with Gasteiger partial charge in [-0.15, -0.1) is 11.3 Å². The standard InChI is InChI=1S/C10H13NO4S/c1-6-11-7(5-16-6)8(12)4-9(13)10(14-2)15-3/h5,10H,4H2,1-3H3. The second kappa shape index (κ2) is 5.83. The van der Waals surface area contributed by atoms with Crippen LogP contribution in [0, 0.1) is 6.92 Å². The van der Waals surface area contributed by atoms with Crippen LogP contribution in [-0.2, 0) is 14.3 Å². The number of nitrogens with zero attached hydrogens (tertiary/aromatic N) is 1. The summed E-state index contributed by atoms with van der Waals surface area (Å²) < 4.78 is 9.52. The number of hydrogen-bond donors (Lipinski definition) is 0. The van der Waals surface area contributed by atoms with Gasteiger partial charge in [-0.3, -0.25) is 9.59 Å². The summed E-state index contributed by atoms with van der Waals surface area (Å²) in [6.45, 7) is 1.80. The van der Waals surface area contributed by atoms with Gasteiger partial charge in [-0.05, 0) is 6.92 Å². The molecule has 0 aliphatic rings. The summed E-state index contributed by atoms with van der Waals surface area (Å²) in [5, 5.41) is 2.44. The lowest BCUT2D eigenvalue weighted by molar-refractivity contribution is -0.155. The van der Waals surface area contributed by atoms with Crippen molar-refractivity contribution in [2.75, 3.05) is 14.2 Å². The van der Waals surface area contributed by atoms with E-state index in [1.807, 2.05) is 0 Å². The molecule has 0 aromatic carbocycles. The summed E-state index contributed by atoms with van der Waals surface area (Å²) in [5.41, 5.74) is 0.321. The van der Waals surface area contributed by atoms with E-state index in [4.69, 9.17) is 9.47 Å². The van der Waals surface area contributed by atoms with Crippen LogP contribution in [0.25, 0.3) is 0 Å². The Morgan fingerprint density at radius 2 is 2.06 bits per heavy atom. The molecule has 0 atom stereocenters. The molecular formula is C10H13NO4S. The van der Waals surface area contributed by atoms with Crippen LogP contribution in [0.1, 0.15) is 21.9 Å². The van der Waals surface area contributed by atoms with Gasteiger partial charge in [0, 0.05) is 19.6 Å². The summed E-state index contributed by atoms with van der Waals surface area (Å²) in [7, 11) is 2.70. The normalized spacial score (nSPS) is 10.8. The molecule has 0 saturated carbocycles. The second-order valence-electron chi connectivity index (χ2n) is 3.12. The number of aryl methyl sites for hydroxylation is 1. The molecule has 0 unspecified atom stereocenters. The van der Waals surface area contributed by atoms with E-state index in [1.165, 1.54) is 25.6 Å². The third kappa shape index (κ3) is 3.19. The average Bonchev–Trinajstić information content (AvgIpc) is 2.66. The van der Waals surface area contributed by atoms with Crippen LogP contribution in [0.4, 0.5) is 0 Å². The lowest BCUT2D eigenvalue weighted by atomic mass is 10.1. The summed E-state index contributed by atoms with van der Waals surface area (Å²) in [6.07, 6.45) is -1.24. The molecule has 1 heterocycles. The van der Waals surface area contributed by atoms with Crippen LogP contribution < -0.4 is 0 Å². The maximum atomic E-state index is 11.6. The highest BCUT2D eigenvalue weighted by atomic mass is 32.1.